The van der Waals surface area contributed by atoms with Crippen molar-refractivity contribution in [3.8, 4) is 0 Å². The lowest BCUT2D eigenvalue weighted by Crippen LogP contribution is -2.39. The van der Waals surface area contributed by atoms with Gasteiger partial charge in [-0.15, -0.1) is 0 Å². The molecule has 1 aromatic rings. The Bertz CT molecular complexity index is 466. The number of piperidine rings is 1. The molecule has 1 aliphatic rings. The van der Waals surface area contributed by atoms with Crippen LogP contribution in [-0.2, 0) is 0 Å². The van der Waals surface area contributed by atoms with Crippen molar-refractivity contribution < 1.29 is 4.92 Å². The van der Waals surface area contributed by atoms with E-state index in [9.17, 15) is 10.1 Å². The highest BCUT2D eigenvalue weighted by atomic mass is 16.6. The van der Waals surface area contributed by atoms with Crippen molar-refractivity contribution >= 4 is 11.4 Å². The molecule has 0 bridgehead atoms. The first-order valence-corrected chi connectivity index (χ1v) is 6.74. The van der Waals surface area contributed by atoms with Crippen LogP contribution in [0.4, 0.5) is 11.4 Å². The Labute approximate surface area is 113 Å². The van der Waals surface area contributed by atoms with Crippen molar-refractivity contribution in [2.75, 3.05) is 18.0 Å². The highest BCUT2D eigenvalue weighted by molar-refractivity contribution is 5.55. The van der Waals surface area contributed by atoms with Crippen LogP contribution in [0, 0.1) is 23.0 Å². The van der Waals surface area contributed by atoms with Crippen LogP contribution >= 0.6 is 0 Å². The van der Waals surface area contributed by atoms with E-state index >= 15 is 0 Å². The predicted octanol–water partition coefficient (Wildman–Crippen LogP) is 2.47. The van der Waals surface area contributed by atoms with Crippen molar-refractivity contribution in [3.05, 3.63) is 33.9 Å². The Morgan fingerprint density at radius 3 is 2.53 bits per heavy atom. The summed E-state index contributed by atoms with van der Waals surface area (Å²) in [6.07, 6.45) is 2.11. The Kier molecular flexibility index (Phi) is 4.04. The summed E-state index contributed by atoms with van der Waals surface area (Å²) in [5.74, 6) is 0.566. The number of nitro groups is 1. The molecule has 5 heteroatoms. The van der Waals surface area contributed by atoms with Gasteiger partial charge in [0.05, 0.1) is 4.92 Å². The normalized spacial score (nSPS) is 18.4. The van der Waals surface area contributed by atoms with Gasteiger partial charge in [0.1, 0.15) is 0 Å². The summed E-state index contributed by atoms with van der Waals surface area (Å²) >= 11 is 0. The summed E-state index contributed by atoms with van der Waals surface area (Å²) in [7, 11) is 0. The van der Waals surface area contributed by atoms with E-state index in [0.717, 1.165) is 37.2 Å². The quantitative estimate of drug-likeness (QED) is 0.671. The molecule has 1 atom stereocenters. The molecule has 2 rings (SSSR count). The lowest BCUT2D eigenvalue weighted by Gasteiger charge is -2.35. The minimum absolute atomic E-state index is 0.171. The highest BCUT2D eigenvalue weighted by Gasteiger charge is 2.23. The number of non-ortho nitro benzene ring substituents is 1. The van der Waals surface area contributed by atoms with Gasteiger partial charge in [0.25, 0.3) is 5.69 Å². The Morgan fingerprint density at radius 2 is 2.00 bits per heavy atom. The van der Waals surface area contributed by atoms with Gasteiger partial charge in [0.2, 0.25) is 0 Å². The topological polar surface area (TPSA) is 72.4 Å². The van der Waals surface area contributed by atoms with Crippen LogP contribution in [0.15, 0.2) is 18.2 Å². The Balaban J connectivity index is 2.13. The molecule has 2 N–H and O–H groups in total. The molecular formula is C14H21N3O2. The van der Waals surface area contributed by atoms with Gasteiger partial charge in [0.15, 0.2) is 0 Å². The standard InChI is InChI=1S/C14H21N3O2/c1-10-7-13(9-14(8-10)17(18)19)16-5-3-12(4-6-16)11(2)15/h7-9,11-12H,3-6,15H2,1-2H3. The van der Waals surface area contributed by atoms with E-state index in [1.165, 1.54) is 0 Å². The first kappa shape index (κ1) is 13.8. The van der Waals surface area contributed by atoms with Gasteiger partial charge in [-0.1, -0.05) is 0 Å². The Hall–Kier alpha value is -1.62. The van der Waals surface area contributed by atoms with E-state index in [0.29, 0.717) is 5.92 Å². The number of aryl methyl sites for hydroxylation is 1. The molecule has 1 fully saturated rings. The molecular weight excluding hydrogens is 242 g/mol. The van der Waals surface area contributed by atoms with Crippen molar-refractivity contribution in [1.29, 1.82) is 0 Å². The van der Waals surface area contributed by atoms with Crippen LogP contribution in [0.1, 0.15) is 25.3 Å². The van der Waals surface area contributed by atoms with E-state index in [1.807, 2.05) is 13.0 Å². The Morgan fingerprint density at radius 1 is 1.37 bits per heavy atom. The second-order valence-electron chi connectivity index (χ2n) is 5.47. The fourth-order valence-corrected chi connectivity index (χ4v) is 2.71. The lowest BCUT2D eigenvalue weighted by molar-refractivity contribution is -0.384. The van der Waals surface area contributed by atoms with Crippen molar-refractivity contribution in [1.82, 2.24) is 0 Å². The number of benzene rings is 1. The van der Waals surface area contributed by atoms with Gasteiger partial charge in [-0.3, -0.25) is 10.1 Å². The summed E-state index contributed by atoms with van der Waals surface area (Å²) in [6, 6.07) is 5.52. The van der Waals surface area contributed by atoms with Gasteiger partial charge in [-0.2, -0.15) is 0 Å². The van der Waals surface area contributed by atoms with Gasteiger partial charge in [-0.25, -0.2) is 0 Å². The van der Waals surface area contributed by atoms with Gasteiger partial charge >= 0.3 is 0 Å². The molecule has 0 aromatic heterocycles. The minimum atomic E-state index is -0.328. The van der Waals surface area contributed by atoms with Gasteiger partial charge < -0.3 is 10.6 Å². The molecule has 0 aliphatic carbocycles. The highest BCUT2D eigenvalue weighted by Crippen LogP contribution is 2.28. The molecule has 1 heterocycles. The summed E-state index contributed by atoms with van der Waals surface area (Å²) in [5, 5.41) is 10.9. The van der Waals surface area contributed by atoms with Crippen LogP contribution in [0.25, 0.3) is 0 Å². The summed E-state index contributed by atoms with van der Waals surface area (Å²) < 4.78 is 0. The molecule has 0 amide bonds. The summed E-state index contributed by atoms with van der Waals surface area (Å²) in [6.45, 7) is 5.79. The monoisotopic (exact) mass is 263 g/mol. The lowest BCUT2D eigenvalue weighted by atomic mass is 9.90. The third kappa shape index (κ3) is 3.23. The van der Waals surface area contributed by atoms with E-state index < -0.39 is 0 Å². The summed E-state index contributed by atoms with van der Waals surface area (Å²) in [5.41, 5.74) is 7.98. The molecule has 1 aliphatic heterocycles. The second-order valence-corrected chi connectivity index (χ2v) is 5.47. The van der Waals surface area contributed by atoms with Crippen LogP contribution in [0.3, 0.4) is 0 Å². The first-order valence-electron chi connectivity index (χ1n) is 6.74. The van der Waals surface area contributed by atoms with Gasteiger partial charge in [-0.05, 0) is 44.2 Å². The van der Waals surface area contributed by atoms with Crippen LogP contribution in [0.2, 0.25) is 0 Å². The number of rotatable bonds is 3. The zero-order valence-electron chi connectivity index (χ0n) is 11.5. The molecule has 19 heavy (non-hydrogen) atoms. The van der Waals surface area contributed by atoms with Crippen molar-refractivity contribution in [3.63, 3.8) is 0 Å². The largest absolute Gasteiger partial charge is 0.371 e. The maximum absolute atomic E-state index is 10.9. The fraction of sp³-hybridized carbons (Fsp3) is 0.571. The molecule has 0 radical (unpaired) electrons. The van der Waals surface area contributed by atoms with Crippen LogP contribution < -0.4 is 10.6 Å². The summed E-state index contributed by atoms with van der Waals surface area (Å²) in [4.78, 5) is 12.8. The van der Waals surface area contributed by atoms with E-state index in [-0.39, 0.29) is 16.7 Å². The molecule has 0 spiro atoms. The number of anilines is 1. The third-order valence-electron chi connectivity index (χ3n) is 3.91. The number of hydrogen-bond acceptors (Lipinski definition) is 4. The van der Waals surface area contributed by atoms with Crippen LogP contribution in [-0.4, -0.2) is 24.1 Å². The molecule has 1 saturated heterocycles. The molecule has 104 valence electrons. The fourth-order valence-electron chi connectivity index (χ4n) is 2.71. The van der Waals surface area contributed by atoms with Gasteiger partial charge in [0, 0.05) is 37.0 Å². The predicted molar refractivity (Wildman–Crippen MR) is 76.4 cm³/mol. The smallest absolute Gasteiger partial charge is 0.271 e. The van der Waals surface area contributed by atoms with Crippen molar-refractivity contribution in [2.24, 2.45) is 11.7 Å². The number of nitrogens with zero attached hydrogens (tertiary/aromatic N) is 2. The molecule has 1 unspecified atom stereocenters. The average molecular weight is 263 g/mol. The molecule has 5 nitrogen and oxygen atoms in total. The van der Waals surface area contributed by atoms with Crippen molar-refractivity contribution in [2.45, 2.75) is 32.7 Å². The minimum Gasteiger partial charge on any atom is -0.371 e. The zero-order chi connectivity index (χ0) is 14.0. The number of nitro benzene ring substituents is 1. The number of hydrogen-bond donors (Lipinski definition) is 1. The third-order valence-corrected chi connectivity index (χ3v) is 3.91. The zero-order valence-corrected chi connectivity index (χ0v) is 11.5. The first-order chi connectivity index (χ1) is 8.97. The molecule has 1 aromatic carbocycles. The number of nitrogens with two attached hydrogens (primary N) is 1. The molecule has 0 saturated carbocycles. The second kappa shape index (κ2) is 5.57. The van der Waals surface area contributed by atoms with Crippen LogP contribution in [0.5, 0.6) is 0 Å². The van der Waals surface area contributed by atoms with E-state index in [2.05, 4.69) is 11.8 Å². The SMILES string of the molecule is Cc1cc(N2CCC(C(C)N)CC2)cc([N+](=O)[O-])c1. The maximum atomic E-state index is 10.9. The van der Waals surface area contributed by atoms with E-state index in [4.69, 9.17) is 5.73 Å². The maximum Gasteiger partial charge on any atom is 0.271 e. The average Bonchev–Trinajstić information content (AvgIpc) is 2.38. The van der Waals surface area contributed by atoms with E-state index in [1.54, 1.807) is 12.1 Å².